The Morgan fingerprint density at radius 1 is 1.32 bits per heavy atom. The molecule has 0 saturated carbocycles. The van der Waals surface area contributed by atoms with Crippen molar-refractivity contribution in [1.82, 2.24) is 4.90 Å². The summed E-state index contributed by atoms with van der Waals surface area (Å²) >= 11 is 1.48. The van der Waals surface area contributed by atoms with Crippen molar-refractivity contribution < 1.29 is 13.9 Å². The first kappa shape index (κ1) is 15.0. The summed E-state index contributed by atoms with van der Waals surface area (Å²) in [5, 5.41) is 1.92. The zero-order valence-electron chi connectivity index (χ0n) is 12.2. The van der Waals surface area contributed by atoms with E-state index in [1.54, 1.807) is 18.2 Å². The molecule has 1 unspecified atom stereocenters. The largest absolute Gasteiger partial charge is 0.491 e. The maximum Gasteiger partial charge on any atom is 0.263 e. The van der Waals surface area contributed by atoms with Gasteiger partial charge >= 0.3 is 0 Å². The summed E-state index contributed by atoms with van der Waals surface area (Å²) < 4.78 is 18.9. The van der Waals surface area contributed by atoms with Gasteiger partial charge in [-0.05, 0) is 42.3 Å². The van der Waals surface area contributed by atoms with Crippen molar-refractivity contribution in [2.75, 3.05) is 19.7 Å². The number of benzene rings is 1. The molecule has 2 heterocycles. The second-order valence-electron chi connectivity index (χ2n) is 5.45. The van der Waals surface area contributed by atoms with Crippen molar-refractivity contribution in [3.63, 3.8) is 0 Å². The summed E-state index contributed by atoms with van der Waals surface area (Å²) in [6, 6.07) is 10.2. The van der Waals surface area contributed by atoms with Gasteiger partial charge in [0.05, 0.1) is 11.5 Å². The molecule has 1 aromatic heterocycles. The predicted molar refractivity (Wildman–Crippen MR) is 84.8 cm³/mol. The molecule has 1 aliphatic rings. The fourth-order valence-electron chi connectivity index (χ4n) is 2.71. The molecule has 1 atom stereocenters. The van der Waals surface area contributed by atoms with E-state index in [0.29, 0.717) is 18.3 Å². The number of ether oxygens (including phenoxy) is 1. The van der Waals surface area contributed by atoms with Crippen LogP contribution < -0.4 is 4.74 Å². The highest BCUT2D eigenvalue weighted by molar-refractivity contribution is 7.12. The standard InChI is InChI=1S/C17H18FNO2S/c18-14-4-1-2-5-15(14)21-10-8-13-7-9-19(12-13)17(20)16-6-3-11-22-16/h1-6,11,13H,7-10,12H2. The minimum Gasteiger partial charge on any atom is -0.491 e. The summed E-state index contributed by atoms with van der Waals surface area (Å²) in [6.07, 6.45) is 1.82. The Morgan fingerprint density at radius 3 is 2.95 bits per heavy atom. The second-order valence-corrected chi connectivity index (χ2v) is 6.40. The molecular formula is C17H18FNO2S. The van der Waals surface area contributed by atoms with Crippen molar-refractivity contribution in [1.29, 1.82) is 0 Å². The number of carbonyl (C=O) groups excluding carboxylic acids is 1. The molecule has 1 aromatic carbocycles. The highest BCUT2D eigenvalue weighted by Crippen LogP contribution is 2.24. The van der Waals surface area contributed by atoms with E-state index >= 15 is 0 Å². The Labute approximate surface area is 133 Å². The minimum absolute atomic E-state index is 0.118. The average molecular weight is 319 g/mol. The van der Waals surface area contributed by atoms with Gasteiger partial charge in [0.1, 0.15) is 0 Å². The highest BCUT2D eigenvalue weighted by atomic mass is 32.1. The van der Waals surface area contributed by atoms with Crippen molar-refractivity contribution in [3.05, 3.63) is 52.5 Å². The zero-order chi connectivity index (χ0) is 15.4. The predicted octanol–water partition coefficient (Wildman–Crippen LogP) is 3.82. The van der Waals surface area contributed by atoms with Gasteiger partial charge in [0, 0.05) is 13.1 Å². The number of thiophene rings is 1. The molecule has 2 aromatic rings. The molecule has 1 aliphatic heterocycles. The monoisotopic (exact) mass is 319 g/mol. The van der Waals surface area contributed by atoms with Gasteiger partial charge in [-0.25, -0.2) is 4.39 Å². The minimum atomic E-state index is -0.330. The molecule has 0 bridgehead atoms. The van der Waals surface area contributed by atoms with Gasteiger partial charge in [0.2, 0.25) is 0 Å². The number of halogens is 1. The van der Waals surface area contributed by atoms with Crippen LogP contribution in [-0.4, -0.2) is 30.5 Å². The van der Waals surface area contributed by atoms with Crippen LogP contribution in [0.1, 0.15) is 22.5 Å². The fourth-order valence-corrected chi connectivity index (χ4v) is 3.40. The van der Waals surface area contributed by atoms with Crippen LogP contribution in [0.3, 0.4) is 0 Å². The van der Waals surface area contributed by atoms with Gasteiger partial charge in [-0.15, -0.1) is 11.3 Å². The third kappa shape index (κ3) is 3.47. The zero-order valence-corrected chi connectivity index (χ0v) is 13.0. The SMILES string of the molecule is O=C(c1cccs1)N1CCC(CCOc2ccccc2F)C1. The number of hydrogen-bond acceptors (Lipinski definition) is 3. The molecule has 3 nitrogen and oxygen atoms in total. The molecule has 3 rings (SSSR count). The molecule has 1 amide bonds. The summed E-state index contributed by atoms with van der Waals surface area (Å²) in [5.74, 6) is 0.513. The van der Waals surface area contributed by atoms with Gasteiger partial charge in [-0.1, -0.05) is 18.2 Å². The van der Waals surface area contributed by atoms with Crippen molar-refractivity contribution in [3.8, 4) is 5.75 Å². The number of nitrogens with zero attached hydrogens (tertiary/aromatic N) is 1. The molecule has 0 N–H and O–H groups in total. The number of likely N-dealkylation sites (tertiary alicyclic amines) is 1. The molecule has 116 valence electrons. The van der Waals surface area contributed by atoms with E-state index in [1.807, 2.05) is 22.4 Å². The first-order chi connectivity index (χ1) is 10.7. The van der Waals surface area contributed by atoms with Gasteiger partial charge in [0.25, 0.3) is 5.91 Å². The van der Waals surface area contributed by atoms with Gasteiger partial charge in [0.15, 0.2) is 11.6 Å². The molecular weight excluding hydrogens is 301 g/mol. The van der Waals surface area contributed by atoms with Crippen molar-refractivity contribution in [2.45, 2.75) is 12.8 Å². The molecule has 0 aliphatic carbocycles. The number of hydrogen-bond donors (Lipinski definition) is 0. The van der Waals surface area contributed by atoms with Gasteiger partial charge in [-0.3, -0.25) is 4.79 Å². The summed E-state index contributed by atoms with van der Waals surface area (Å²) in [7, 11) is 0. The van der Waals surface area contributed by atoms with Crippen LogP contribution in [0.4, 0.5) is 4.39 Å². The Balaban J connectivity index is 1.45. The molecule has 1 saturated heterocycles. The Bertz CT molecular complexity index is 629. The topological polar surface area (TPSA) is 29.5 Å². The Hall–Kier alpha value is -1.88. The van der Waals surface area contributed by atoms with E-state index in [2.05, 4.69) is 0 Å². The lowest BCUT2D eigenvalue weighted by molar-refractivity contribution is 0.0790. The number of amides is 1. The number of carbonyl (C=O) groups is 1. The summed E-state index contributed by atoms with van der Waals surface area (Å²) in [4.78, 5) is 14.9. The van der Waals surface area contributed by atoms with Crippen LogP contribution in [-0.2, 0) is 0 Å². The summed E-state index contributed by atoms with van der Waals surface area (Å²) in [5.41, 5.74) is 0. The van der Waals surface area contributed by atoms with Crippen LogP contribution >= 0.6 is 11.3 Å². The summed E-state index contributed by atoms with van der Waals surface area (Å²) in [6.45, 7) is 2.03. The second kappa shape index (κ2) is 6.92. The fraction of sp³-hybridized carbons (Fsp3) is 0.353. The molecule has 0 spiro atoms. The molecule has 0 radical (unpaired) electrons. The van der Waals surface area contributed by atoms with Crippen molar-refractivity contribution in [2.24, 2.45) is 5.92 Å². The normalized spacial score (nSPS) is 17.7. The van der Waals surface area contributed by atoms with Gasteiger partial charge in [-0.2, -0.15) is 0 Å². The molecule has 5 heteroatoms. The Morgan fingerprint density at radius 2 is 2.18 bits per heavy atom. The van der Waals surface area contributed by atoms with E-state index < -0.39 is 0 Å². The van der Waals surface area contributed by atoms with E-state index in [-0.39, 0.29) is 11.7 Å². The first-order valence-corrected chi connectivity index (χ1v) is 8.32. The van der Waals surface area contributed by atoms with Crippen LogP contribution in [0.25, 0.3) is 0 Å². The van der Waals surface area contributed by atoms with Crippen LogP contribution in [0.5, 0.6) is 5.75 Å². The molecule has 1 fully saturated rings. The Kier molecular flexibility index (Phi) is 4.73. The average Bonchev–Trinajstić information content (AvgIpc) is 3.20. The lowest BCUT2D eigenvalue weighted by Gasteiger charge is -2.15. The van der Waals surface area contributed by atoms with E-state index in [4.69, 9.17) is 4.74 Å². The van der Waals surface area contributed by atoms with Gasteiger partial charge < -0.3 is 9.64 Å². The molecule has 22 heavy (non-hydrogen) atoms. The third-order valence-electron chi connectivity index (χ3n) is 3.93. The van der Waals surface area contributed by atoms with E-state index in [1.165, 1.54) is 17.4 Å². The maximum absolute atomic E-state index is 13.4. The number of para-hydroxylation sites is 1. The first-order valence-electron chi connectivity index (χ1n) is 7.44. The highest BCUT2D eigenvalue weighted by Gasteiger charge is 2.27. The lowest BCUT2D eigenvalue weighted by atomic mass is 10.1. The van der Waals surface area contributed by atoms with Crippen LogP contribution in [0.2, 0.25) is 0 Å². The smallest absolute Gasteiger partial charge is 0.263 e. The van der Waals surface area contributed by atoms with E-state index in [9.17, 15) is 9.18 Å². The third-order valence-corrected chi connectivity index (χ3v) is 4.78. The number of rotatable bonds is 5. The van der Waals surface area contributed by atoms with E-state index in [0.717, 1.165) is 30.8 Å². The van der Waals surface area contributed by atoms with Crippen molar-refractivity contribution >= 4 is 17.2 Å². The lowest BCUT2D eigenvalue weighted by Crippen LogP contribution is -2.28. The quantitative estimate of drug-likeness (QED) is 0.838. The van der Waals surface area contributed by atoms with Crippen LogP contribution in [0.15, 0.2) is 41.8 Å². The van der Waals surface area contributed by atoms with Crippen LogP contribution in [0, 0.1) is 11.7 Å². The maximum atomic E-state index is 13.4.